The number of hydrogen-bond acceptors (Lipinski definition) is 2. The zero-order valence-corrected chi connectivity index (χ0v) is 6.60. The fourth-order valence-corrected chi connectivity index (χ4v) is 0.510. The van der Waals surface area contributed by atoms with Crippen LogP contribution in [0.25, 0.3) is 0 Å². The van der Waals surface area contributed by atoms with Crippen LogP contribution < -0.4 is 0 Å². The summed E-state index contributed by atoms with van der Waals surface area (Å²) in [5.74, 6) is 0. The Morgan fingerprint density at radius 3 is 1.80 bits per heavy atom. The number of ether oxygens (including phenoxy) is 1. The number of hydrogen-bond donors (Lipinski definition) is 1. The standard InChI is InChI=1S/C4H8O.C3H8O.H2O/c1-2-4-5-3-1;1-2-3-4;/h1-4H2;4H,2-3H2,1H3;1H2. The first-order valence-corrected chi connectivity index (χ1v) is 3.60. The smallest absolute Gasteiger partial charge is 0.0466 e. The van der Waals surface area contributed by atoms with Gasteiger partial charge in [0.1, 0.15) is 0 Å². The summed E-state index contributed by atoms with van der Waals surface area (Å²) in [6.07, 6.45) is 3.43. The maximum absolute atomic E-state index is 7.88. The van der Waals surface area contributed by atoms with Crippen LogP contribution in [0.4, 0.5) is 0 Å². The lowest BCUT2D eigenvalue weighted by Crippen LogP contribution is -1.74. The Bertz CT molecular complexity index is 34.5. The highest BCUT2D eigenvalue weighted by molar-refractivity contribution is 4.43. The predicted molar refractivity (Wildman–Crippen MR) is 41.0 cm³/mol. The Morgan fingerprint density at radius 1 is 1.30 bits per heavy atom. The summed E-state index contributed by atoms with van der Waals surface area (Å²) in [4.78, 5) is 0. The molecule has 1 heterocycles. The van der Waals surface area contributed by atoms with E-state index in [9.17, 15) is 0 Å². The van der Waals surface area contributed by atoms with Gasteiger partial charge in [-0.25, -0.2) is 0 Å². The predicted octanol–water partition coefficient (Wildman–Crippen LogP) is 0.361. The molecule has 0 amide bonds. The lowest BCUT2D eigenvalue weighted by atomic mass is 10.4. The molecule has 0 unspecified atom stereocenters. The highest BCUT2D eigenvalue weighted by Crippen LogP contribution is 1.98. The van der Waals surface area contributed by atoms with E-state index in [0.29, 0.717) is 6.61 Å². The Hall–Kier alpha value is -0.120. The molecule has 1 fully saturated rings. The summed E-state index contributed by atoms with van der Waals surface area (Å²) >= 11 is 0. The molecule has 10 heavy (non-hydrogen) atoms. The van der Waals surface area contributed by atoms with Crippen LogP contribution in [0.5, 0.6) is 0 Å². The topological polar surface area (TPSA) is 61.0 Å². The summed E-state index contributed by atoms with van der Waals surface area (Å²) in [5.41, 5.74) is 0. The van der Waals surface area contributed by atoms with Crippen LogP contribution in [-0.2, 0) is 4.74 Å². The molecule has 0 spiro atoms. The van der Waals surface area contributed by atoms with E-state index in [1.54, 1.807) is 0 Å². The molecule has 3 nitrogen and oxygen atoms in total. The van der Waals surface area contributed by atoms with E-state index < -0.39 is 0 Å². The largest absolute Gasteiger partial charge is 0.412 e. The van der Waals surface area contributed by atoms with Crippen molar-refractivity contribution in [3.05, 3.63) is 0 Å². The molecular formula is C7H18O3. The molecule has 3 N–H and O–H groups in total. The molecule has 0 aromatic carbocycles. The van der Waals surface area contributed by atoms with Crippen molar-refractivity contribution in [2.75, 3.05) is 19.8 Å². The summed E-state index contributed by atoms with van der Waals surface area (Å²) in [6.45, 7) is 4.25. The third-order valence-electron chi connectivity index (χ3n) is 1.05. The molecule has 0 atom stereocenters. The fraction of sp³-hybridized carbons (Fsp3) is 1.00. The summed E-state index contributed by atoms with van der Waals surface area (Å²) in [5, 5.41) is 7.88. The zero-order valence-electron chi connectivity index (χ0n) is 6.60. The molecule has 3 heteroatoms. The number of aliphatic hydroxyl groups is 1. The van der Waals surface area contributed by atoms with Gasteiger partial charge in [0, 0.05) is 19.8 Å². The maximum Gasteiger partial charge on any atom is 0.0466 e. The fourth-order valence-electron chi connectivity index (χ4n) is 0.510. The molecule has 64 valence electrons. The summed E-state index contributed by atoms with van der Waals surface area (Å²) in [6, 6.07) is 0. The SMILES string of the molecule is C1CCOC1.CCCO.O. The van der Waals surface area contributed by atoms with Crippen molar-refractivity contribution >= 4 is 0 Å². The van der Waals surface area contributed by atoms with E-state index >= 15 is 0 Å². The molecule has 0 aromatic heterocycles. The van der Waals surface area contributed by atoms with Crippen molar-refractivity contribution in [2.45, 2.75) is 26.2 Å². The van der Waals surface area contributed by atoms with Crippen LogP contribution in [0.2, 0.25) is 0 Å². The Balaban J connectivity index is 0. The van der Waals surface area contributed by atoms with Gasteiger partial charge in [0.05, 0.1) is 0 Å². The maximum atomic E-state index is 7.88. The quantitative estimate of drug-likeness (QED) is 0.586. The van der Waals surface area contributed by atoms with Gasteiger partial charge in [-0.1, -0.05) is 6.92 Å². The van der Waals surface area contributed by atoms with E-state index in [0.717, 1.165) is 19.6 Å². The van der Waals surface area contributed by atoms with Crippen LogP contribution in [0.3, 0.4) is 0 Å². The zero-order chi connectivity index (χ0) is 6.95. The van der Waals surface area contributed by atoms with Crippen LogP contribution in [0.1, 0.15) is 26.2 Å². The van der Waals surface area contributed by atoms with Crippen LogP contribution in [-0.4, -0.2) is 30.4 Å². The molecule has 0 aliphatic carbocycles. The molecule has 0 aromatic rings. The number of rotatable bonds is 1. The molecular weight excluding hydrogens is 132 g/mol. The highest BCUT2D eigenvalue weighted by Gasteiger charge is 1.94. The van der Waals surface area contributed by atoms with Gasteiger partial charge >= 0.3 is 0 Å². The Kier molecular flexibility index (Phi) is 14.6. The van der Waals surface area contributed by atoms with Crippen molar-refractivity contribution in [1.82, 2.24) is 0 Å². The summed E-state index contributed by atoms with van der Waals surface area (Å²) < 4.78 is 4.94. The van der Waals surface area contributed by atoms with Gasteiger partial charge in [0.2, 0.25) is 0 Å². The van der Waals surface area contributed by atoms with Gasteiger partial charge in [-0.15, -0.1) is 0 Å². The first-order chi connectivity index (χ1) is 4.41. The van der Waals surface area contributed by atoms with Crippen molar-refractivity contribution in [2.24, 2.45) is 0 Å². The van der Waals surface area contributed by atoms with Crippen molar-refractivity contribution in [3.8, 4) is 0 Å². The molecule has 1 rings (SSSR count). The van der Waals surface area contributed by atoms with Gasteiger partial charge in [-0.05, 0) is 19.3 Å². The first-order valence-electron chi connectivity index (χ1n) is 3.60. The third kappa shape index (κ3) is 10.8. The van der Waals surface area contributed by atoms with E-state index in [2.05, 4.69) is 0 Å². The van der Waals surface area contributed by atoms with Gasteiger partial charge in [-0.3, -0.25) is 0 Å². The van der Waals surface area contributed by atoms with Gasteiger partial charge in [0.15, 0.2) is 0 Å². The van der Waals surface area contributed by atoms with E-state index in [-0.39, 0.29) is 5.48 Å². The van der Waals surface area contributed by atoms with E-state index in [4.69, 9.17) is 9.84 Å². The lowest BCUT2D eigenvalue weighted by molar-refractivity contribution is 0.198. The molecule has 1 saturated heterocycles. The molecule has 1 aliphatic rings. The van der Waals surface area contributed by atoms with Crippen LogP contribution >= 0.6 is 0 Å². The third-order valence-corrected chi connectivity index (χ3v) is 1.05. The Labute approximate surface area is 62.3 Å². The van der Waals surface area contributed by atoms with Crippen molar-refractivity contribution in [3.63, 3.8) is 0 Å². The molecule has 1 aliphatic heterocycles. The molecule has 0 saturated carbocycles. The van der Waals surface area contributed by atoms with Crippen LogP contribution in [0.15, 0.2) is 0 Å². The minimum absolute atomic E-state index is 0. The monoisotopic (exact) mass is 150 g/mol. The summed E-state index contributed by atoms with van der Waals surface area (Å²) in [7, 11) is 0. The molecule has 0 radical (unpaired) electrons. The lowest BCUT2D eigenvalue weighted by Gasteiger charge is -1.76. The van der Waals surface area contributed by atoms with E-state index in [1.165, 1.54) is 12.8 Å². The first kappa shape index (κ1) is 12.5. The second-order valence-electron chi connectivity index (χ2n) is 2.04. The van der Waals surface area contributed by atoms with E-state index in [1.807, 2.05) is 6.92 Å². The average Bonchev–Trinajstić information content (AvgIpc) is 2.43. The normalized spacial score (nSPS) is 15.0. The second kappa shape index (κ2) is 11.6. The highest BCUT2D eigenvalue weighted by atomic mass is 16.5. The molecule has 0 bridgehead atoms. The minimum Gasteiger partial charge on any atom is -0.412 e. The minimum atomic E-state index is 0. The van der Waals surface area contributed by atoms with Gasteiger partial charge in [-0.2, -0.15) is 0 Å². The average molecular weight is 150 g/mol. The van der Waals surface area contributed by atoms with Gasteiger partial charge in [0.25, 0.3) is 0 Å². The van der Waals surface area contributed by atoms with Gasteiger partial charge < -0.3 is 15.3 Å². The van der Waals surface area contributed by atoms with Crippen LogP contribution in [0, 0.1) is 0 Å². The Morgan fingerprint density at radius 2 is 1.70 bits per heavy atom. The van der Waals surface area contributed by atoms with Crippen molar-refractivity contribution in [1.29, 1.82) is 0 Å². The number of aliphatic hydroxyl groups excluding tert-OH is 1. The second-order valence-corrected chi connectivity index (χ2v) is 2.04. The van der Waals surface area contributed by atoms with Crippen molar-refractivity contribution < 1.29 is 15.3 Å².